The van der Waals surface area contributed by atoms with Gasteiger partial charge in [-0.15, -0.1) is 0 Å². The van der Waals surface area contributed by atoms with Crippen molar-refractivity contribution in [2.75, 3.05) is 24.6 Å². The lowest BCUT2D eigenvalue weighted by molar-refractivity contribution is 0.0690. The molecule has 1 saturated heterocycles. The zero-order valence-electron chi connectivity index (χ0n) is 10.2. The van der Waals surface area contributed by atoms with Crippen LogP contribution in [0.15, 0.2) is 18.2 Å². The molecule has 98 valence electrons. The first-order chi connectivity index (χ1) is 8.70. The van der Waals surface area contributed by atoms with Crippen LogP contribution in [0.25, 0.3) is 0 Å². The predicted molar refractivity (Wildman–Crippen MR) is 67.8 cm³/mol. The van der Waals surface area contributed by atoms with E-state index in [4.69, 9.17) is 10.2 Å². The molecule has 0 spiro atoms. The van der Waals surface area contributed by atoms with Gasteiger partial charge < -0.3 is 15.1 Å². The number of aromatic carboxylic acids is 1. The Balaban J connectivity index is 2.10. The van der Waals surface area contributed by atoms with Gasteiger partial charge in [-0.2, -0.15) is 0 Å². The lowest BCUT2D eigenvalue weighted by atomic mass is 9.95. The molecule has 2 N–H and O–H groups in total. The Morgan fingerprint density at radius 1 is 1.50 bits per heavy atom. The molecule has 2 rings (SSSR count). The van der Waals surface area contributed by atoms with Crippen molar-refractivity contribution >= 4 is 11.8 Å². The number of rotatable bonds is 4. The van der Waals surface area contributed by atoms with Gasteiger partial charge in [-0.1, -0.05) is 6.07 Å². The predicted octanol–water partition coefficient (Wildman–Crippen LogP) is 1.38. The molecule has 0 amide bonds. The van der Waals surface area contributed by atoms with Crippen molar-refractivity contribution in [2.45, 2.75) is 19.3 Å². The van der Waals surface area contributed by atoms with Crippen molar-refractivity contribution in [2.24, 2.45) is 5.92 Å². The third-order valence-corrected chi connectivity index (χ3v) is 3.33. The SMILES string of the molecule is O=C(O)c1cccc(N2CCCC(CCO)C2)n1. The topological polar surface area (TPSA) is 73.7 Å². The number of carbonyl (C=O) groups is 1. The van der Waals surface area contributed by atoms with E-state index in [9.17, 15) is 4.79 Å². The number of hydrogen-bond donors (Lipinski definition) is 2. The quantitative estimate of drug-likeness (QED) is 0.844. The molecule has 5 heteroatoms. The molecule has 1 aliphatic heterocycles. The minimum Gasteiger partial charge on any atom is -0.477 e. The van der Waals surface area contributed by atoms with Crippen molar-refractivity contribution in [3.63, 3.8) is 0 Å². The Hall–Kier alpha value is -1.62. The van der Waals surface area contributed by atoms with E-state index in [-0.39, 0.29) is 12.3 Å². The molecular weight excluding hydrogens is 232 g/mol. The van der Waals surface area contributed by atoms with Crippen LogP contribution in [0.1, 0.15) is 29.8 Å². The molecule has 5 nitrogen and oxygen atoms in total. The van der Waals surface area contributed by atoms with Crippen molar-refractivity contribution in [3.8, 4) is 0 Å². The van der Waals surface area contributed by atoms with Crippen LogP contribution < -0.4 is 4.90 Å². The summed E-state index contributed by atoms with van der Waals surface area (Å²) in [6.45, 7) is 1.95. The fraction of sp³-hybridized carbons (Fsp3) is 0.538. The molecule has 18 heavy (non-hydrogen) atoms. The molecule has 1 aliphatic rings. The molecule has 0 aliphatic carbocycles. The highest BCUT2D eigenvalue weighted by molar-refractivity contribution is 5.85. The van der Waals surface area contributed by atoms with Gasteiger partial charge in [-0.05, 0) is 37.3 Å². The highest BCUT2D eigenvalue weighted by atomic mass is 16.4. The standard InChI is InChI=1S/C13H18N2O3/c16-8-6-10-3-2-7-15(9-10)12-5-1-4-11(14-12)13(17)18/h1,4-5,10,16H,2-3,6-9H2,(H,17,18). The Morgan fingerprint density at radius 2 is 2.33 bits per heavy atom. The van der Waals surface area contributed by atoms with Crippen molar-refractivity contribution in [1.82, 2.24) is 4.98 Å². The minimum absolute atomic E-state index is 0.0804. The number of aliphatic hydroxyl groups is 1. The maximum Gasteiger partial charge on any atom is 0.354 e. The molecule has 2 heterocycles. The summed E-state index contributed by atoms with van der Waals surface area (Å²) in [7, 11) is 0. The summed E-state index contributed by atoms with van der Waals surface area (Å²) in [5.41, 5.74) is 0.0804. The number of aromatic nitrogens is 1. The van der Waals surface area contributed by atoms with Crippen LogP contribution in [-0.2, 0) is 0 Å². The smallest absolute Gasteiger partial charge is 0.354 e. The number of pyridine rings is 1. The van der Waals surface area contributed by atoms with Crippen molar-refractivity contribution in [3.05, 3.63) is 23.9 Å². The molecule has 1 aromatic rings. The minimum atomic E-state index is -0.999. The Kier molecular flexibility index (Phi) is 4.15. The maximum absolute atomic E-state index is 10.9. The van der Waals surface area contributed by atoms with Crippen molar-refractivity contribution < 1.29 is 15.0 Å². The van der Waals surface area contributed by atoms with E-state index in [0.29, 0.717) is 5.92 Å². The Morgan fingerprint density at radius 3 is 3.06 bits per heavy atom. The summed E-state index contributed by atoms with van der Waals surface area (Å²) in [6.07, 6.45) is 2.98. The van der Waals surface area contributed by atoms with Gasteiger partial charge in [0.25, 0.3) is 0 Å². The van der Waals surface area contributed by atoms with Gasteiger partial charge in [0, 0.05) is 19.7 Å². The Labute approximate surface area is 106 Å². The van der Waals surface area contributed by atoms with Crippen LogP contribution in [0, 0.1) is 5.92 Å². The van der Waals surface area contributed by atoms with Gasteiger partial charge in [-0.25, -0.2) is 9.78 Å². The summed E-state index contributed by atoms with van der Waals surface area (Å²) in [5.74, 6) is 0.192. The Bertz CT molecular complexity index is 420. The third-order valence-electron chi connectivity index (χ3n) is 3.33. The second kappa shape index (κ2) is 5.82. The van der Waals surface area contributed by atoms with Gasteiger partial charge in [0.05, 0.1) is 0 Å². The lowest BCUT2D eigenvalue weighted by Gasteiger charge is -2.33. The average Bonchev–Trinajstić information content (AvgIpc) is 2.39. The van der Waals surface area contributed by atoms with Gasteiger partial charge in [-0.3, -0.25) is 0 Å². The first-order valence-electron chi connectivity index (χ1n) is 6.27. The van der Waals surface area contributed by atoms with E-state index in [0.717, 1.165) is 38.2 Å². The van der Waals surface area contributed by atoms with Crippen molar-refractivity contribution in [1.29, 1.82) is 0 Å². The van der Waals surface area contributed by atoms with E-state index >= 15 is 0 Å². The molecule has 1 aromatic heterocycles. The van der Waals surface area contributed by atoms with Gasteiger partial charge in [0.1, 0.15) is 5.82 Å². The van der Waals surface area contributed by atoms with Crippen LogP contribution in [0.4, 0.5) is 5.82 Å². The number of nitrogens with zero attached hydrogens (tertiary/aromatic N) is 2. The second-order valence-corrected chi connectivity index (χ2v) is 4.65. The van der Waals surface area contributed by atoms with E-state index in [1.54, 1.807) is 6.07 Å². The highest BCUT2D eigenvalue weighted by Crippen LogP contribution is 2.23. The van der Waals surface area contributed by atoms with Crippen LogP contribution in [0.2, 0.25) is 0 Å². The normalized spacial score (nSPS) is 19.8. The fourth-order valence-corrected chi connectivity index (χ4v) is 2.41. The molecule has 1 fully saturated rings. The zero-order chi connectivity index (χ0) is 13.0. The number of hydrogen-bond acceptors (Lipinski definition) is 4. The largest absolute Gasteiger partial charge is 0.477 e. The van der Waals surface area contributed by atoms with Gasteiger partial charge in [0.2, 0.25) is 0 Å². The molecule has 0 bridgehead atoms. The van der Waals surface area contributed by atoms with Gasteiger partial charge >= 0.3 is 5.97 Å². The van der Waals surface area contributed by atoms with Crippen LogP contribution >= 0.6 is 0 Å². The summed E-state index contributed by atoms with van der Waals surface area (Å²) >= 11 is 0. The fourth-order valence-electron chi connectivity index (χ4n) is 2.41. The monoisotopic (exact) mass is 250 g/mol. The molecule has 0 saturated carbocycles. The number of anilines is 1. The highest BCUT2D eigenvalue weighted by Gasteiger charge is 2.21. The molecule has 1 unspecified atom stereocenters. The first-order valence-corrected chi connectivity index (χ1v) is 6.27. The third kappa shape index (κ3) is 2.98. The summed E-state index contributed by atoms with van der Waals surface area (Å²) in [5, 5.41) is 17.9. The zero-order valence-corrected chi connectivity index (χ0v) is 10.2. The summed E-state index contributed by atoms with van der Waals surface area (Å²) in [4.78, 5) is 17.2. The van der Waals surface area contributed by atoms with E-state index in [1.807, 2.05) is 6.07 Å². The number of carboxylic acid groups (broad SMARTS) is 1. The van der Waals surface area contributed by atoms with Crippen LogP contribution in [-0.4, -0.2) is 40.9 Å². The molecular formula is C13H18N2O3. The summed E-state index contributed by atoms with van der Waals surface area (Å²) in [6, 6.07) is 5.07. The van der Waals surface area contributed by atoms with E-state index in [2.05, 4.69) is 9.88 Å². The first kappa shape index (κ1) is 12.8. The van der Waals surface area contributed by atoms with E-state index < -0.39 is 5.97 Å². The number of piperidine rings is 1. The molecule has 0 aromatic carbocycles. The molecule has 0 radical (unpaired) electrons. The number of aliphatic hydroxyl groups excluding tert-OH is 1. The molecule has 1 atom stereocenters. The lowest BCUT2D eigenvalue weighted by Crippen LogP contribution is -2.36. The average molecular weight is 250 g/mol. The number of carboxylic acids is 1. The van der Waals surface area contributed by atoms with Crippen LogP contribution in [0.3, 0.4) is 0 Å². The maximum atomic E-state index is 10.9. The van der Waals surface area contributed by atoms with E-state index in [1.165, 1.54) is 6.07 Å². The van der Waals surface area contributed by atoms with Crippen LogP contribution in [0.5, 0.6) is 0 Å². The van der Waals surface area contributed by atoms with Gasteiger partial charge in [0.15, 0.2) is 5.69 Å². The second-order valence-electron chi connectivity index (χ2n) is 4.65. The summed E-state index contributed by atoms with van der Waals surface area (Å²) < 4.78 is 0.